The van der Waals surface area contributed by atoms with Crippen molar-refractivity contribution in [3.63, 3.8) is 0 Å². The van der Waals surface area contributed by atoms with Gasteiger partial charge in [0.25, 0.3) is 0 Å². The number of rotatable bonds is 8. The number of halogens is 3. The van der Waals surface area contributed by atoms with Crippen LogP contribution in [-0.2, 0) is 34.7 Å². The summed E-state index contributed by atoms with van der Waals surface area (Å²) in [5.41, 5.74) is -1.13. The van der Waals surface area contributed by atoms with Crippen LogP contribution in [0.2, 0.25) is 0 Å². The van der Waals surface area contributed by atoms with Gasteiger partial charge >= 0.3 is 12.1 Å². The molecule has 0 radical (unpaired) electrons. The Bertz CT molecular complexity index is 839. The summed E-state index contributed by atoms with van der Waals surface area (Å²) in [7, 11) is 0. The lowest BCUT2D eigenvalue weighted by Gasteiger charge is -2.37. The SMILES string of the molecule is CC1(C)O[C@@H]2[C@H](O1)[C@@H](Nc1cncc(C(F)(F)F)n1)CO[C@@H]2CNC(=O)COCC(=O)O. The number of hydrogen-bond donors (Lipinski definition) is 3. The molecule has 1 amide bonds. The highest BCUT2D eigenvalue weighted by atomic mass is 19.4. The van der Waals surface area contributed by atoms with Gasteiger partial charge in [-0.3, -0.25) is 9.78 Å². The summed E-state index contributed by atoms with van der Waals surface area (Å²) in [4.78, 5) is 29.4. The summed E-state index contributed by atoms with van der Waals surface area (Å²) < 4.78 is 61.0. The molecule has 2 aliphatic rings. The number of nitrogens with zero attached hydrogens (tertiary/aromatic N) is 2. The number of aliphatic carboxylic acids is 1. The maximum Gasteiger partial charge on any atom is 0.434 e. The van der Waals surface area contributed by atoms with Crippen molar-refractivity contribution < 1.29 is 46.8 Å². The van der Waals surface area contributed by atoms with Gasteiger partial charge in [0.15, 0.2) is 11.5 Å². The Morgan fingerprint density at radius 1 is 1.25 bits per heavy atom. The number of carboxylic acids is 1. The van der Waals surface area contributed by atoms with E-state index in [4.69, 9.17) is 24.1 Å². The number of carbonyl (C=O) groups excluding carboxylic acids is 1. The molecule has 0 bridgehead atoms. The minimum Gasteiger partial charge on any atom is -0.480 e. The molecule has 2 saturated heterocycles. The highest BCUT2D eigenvalue weighted by Crippen LogP contribution is 2.36. The molecule has 3 N–H and O–H groups in total. The first-order chi connectivity index (χ1) is 14.9. The molecule has 1 aromatic rings. The first-order valence-corrected chi connectivity index (χ1v) is 9.64. The Balaban J connectivity index is 1.62. The summed E-state index contributed by atoms with van der Waals surface area (Å²) in [6, 6.07) is -0.592. The van der Waals surface area contributed by atoms with Crippen LogP contribution in [0.5, 0.6) is 0 Å². The maximum absolute atomic E-state index is 12.9. The predicted octanol–water partition coefficient (Wildman–Crippen LogP) is 0.412. The number of hydrogen-bond acceptors (Lipinski definition) is 9. The molecule has 3 rings (SSSR count). The highest BCUT2D eigenvalue weighted by molar-refractivity contribution is 5.77. The average Bonchev–Trinajstić information content (AvgIpc) is 3.02. The second-order valence-electron chi connectivity index (χ2n) is 7.67. The molecule has 4 atom stereocenters. The van der Waals surface area contributed by atoms with E-state index in [9.17, 15) is 22.8 Å². The highest BCUT2D eigenvalue weighted by Gasteiger charge is 2.52. The fourth-order valence-electron chi connectivity index (χ4n) is 3.39. The first kappa shape index (κ1) is 24.1. The smallest absolute Gasteiger partial charge is 0.434 e. The lowest BCUT2D eigenvalue weighted by Crippen LogP contribution is -2.57. The van der Waals surface area contributed by atoms with Crippen LogP contribution in [0.25, 0.3) is 0 Å². The summed E-state index contributed by atoms with van der Waals surface area (Å²) in [6.45, 7) is 2.40. The molecule has 0 unspecified atom stereocenters. The number of alkyl halides is 3. The monoisotopic (exact) mass is 464 g/mol. The van der Waals surface area contributed by atoms with E-state index in [2.05, 4.69) is 20.6 Å². The molecule has 178 valence electrons. The van der Waals surface area contributed by atoms with Crippen molar-refractivity contribution in [3.05, 3.63) is 18.1 Å². The van der Waals surface area contributed by atoms with Crippen LogP contribution >= 0.6 is 0 Å². The number of aromatic nitrogens is 2. The minimum absolute atomic E-state index is 0.0337. The normalized spacial score (nSPS) is 26.9. The van der Waals surface area contributed by atoms with E-state index in [0.29, 0.717) is 6.20 Å². The van der Waals surface area contributed by atoms with E-state index in [1.807, 2.05) is 0 Å². The zero-order valence-corrected chi connectivity index (χ0v) is 17.2. The number of amides is 1. The molecule has 0 saturated carbocycles. The topological polar surface area (TPSA) is 141 Å². The third kappa shape index (κ3) is 6.25. The number of carboxylic acid groups (broad SMARTS) is 1. The van der Waals surface area contributed by atoms with E-state index in [1.54, 1.807) is 13.8 Å². The maximum atomic E-state index is 12.9. The predicted molar refractivity (Wildman–Crippen MR) is 99.5 cm³/mol. The van der Waals surface area contributed by atoms with E-state index < -0.39 is 67.1 Å². The van der Waals surface area contributed by atoms with E-state index in [-0.39, 0.29) is 19.0 Å². The lowest BCUT2D eigenvalue weighted by atomic mass is 9.98. The van der Waals surface area contributed by atoms with Crippen LogP contribution in [0.1, 0.15) is 19.5 Å². The Morgan fingerprint density at radius 3 is 2.66 bits per heavy atom. The largest absolute Gasteiger partial charge is 0.480 e. The van der Waals surface area contributed by atoms with Crippen molar-refractivity contribution in [1.29, 1.82) is 0 Å². The minimum atomic E-state index is -4.64. The molecular weight excluding hydrogens is 441 g/mol. The van der Waals surface area contributed by atoms with Crippen LogP contribution in [0, 0.1) is 0 Å². The second kappa shape index (κ2) is 9.52. The fraction of sp³-hybridized carbons (Fsp3) is 0.667. The van der Waals surface area contributed by atoms with Crippen LogP contribution < -0.4 is 10.6 Å². The van der Waals surface area contributed by atoms with Gasteiger partial charge in [-0.1, -0.05) is 0 Å². The summed E-state index contributed by atoms with van der Waals surface area (Å²) in [6.07, 6.45) is -4.72. The molecule has 14 heteroatoms. The van der Waals surface area contributed by atoms with Gasteiger partial charge in [-0.15, -0.1) is 0 Å². The zero-order chi connectivity index (χ0) is 23.5. The number of anilines is 1. The molecule has 32 heavy (non-hydrogen) atoms. The number of nitrogens with one attached hydrogen (secondary N) is 2. The molecule has 0 aromatic carbocycles. The van der Waals surface area contributed by atoms with Crippen LogP contribution in [0.15, 0.2) is 12.4 Å². The van der Waals surface area contributed by atoms with Gasteiger partial charge in [-0.2, -0.15) is 13.2 Å². The van der Waals surface area contributed by atoms with Crippen LogP contribution in [-0.4, -0.2) is 83.5 Å². The third-order valence-electron chi connectivity index (χ3n) is 4.63. The van der Waals surface area contributed by atoms with Crippen molar-refractivity contribution in [1.82, 2.24) is 15.3 Å². The molecular formula is C18H23F3N4O7. The first-order valence-electron chi connectivity index (χ1n) is 9.64. The van der Waals surface area contributed by atoms with Gasteiger partial charge < -0.3 is 34.7 Å². The van der Waals surface area contributed by atoms with Gasteiger partial charge in [0, 0.05) is 6.54 Å². The average molecular weight is 464 g/mol. The van der Waals surface area contributed by atoms with Crippen molar-refractivity contribution in [3.8, 4) is 0 Å². The van der Waals surface area contributed by atoms with Gasteiger partial charge in [-0.05, 0) is 13.8 Å². The second-order valence-corrected chi connectivity index (χ2v) is 7.67. The Labute approximate surface area is 180 Å². The fourth-order valence-corrected chi connectivity index (χ4v) is 3.39. The third-order valence-corrected chi connectivity index (χ3v) is 4.63. The molecule has 0 aliphatic carbocycles. The van der Waals surface area contributed by atoms with Crippen LogP contribution in [0.3, 0.4) is 0 Å². The van der Waals surface area contributed by atoms with Crippen molar-refractivity contribution in [2.45, 2.75) is 50.2 Å². The number of carbonyl (C=O) groups is 2. The molecule has 0 spiro atoms. The summed E-state index contributed by atoms with van der Waals surface area (Å²) >= 11 is 0. The molecule has 2 aliphatic heterocycles. The zero-order valence-electron chi connectivity index (χ0n) is 17.2. The van der Waals surface area contributed by atoms with Crippen molar-refractivity contribution in [2.24, 2.45) is 0 Å². The molecule has 1 aromatic heterocycles. The molecule has 3 heterocycles. The number of ether oxygens (including phenoxy) is 4. The summed E-state index contributed by atoms with van der Waals surface area (Å²) in [5, 5.41) is 13.9. The summed E-state index contributed by atoms with van der Waals surface area (Å²) in [5.74, 6) is -2.82. The number of fused-ring (bicyclic) bond motifs is 1. The van der Waals surface area contributed by atoms with Gasteiger partial charge in [0.1, 0.15) is 37.3 Å². The van der Waals surface area contributed by atoms with Crippen LogP contribution in [0.4, 0.5) is 19.0 Å². The standard InChI is InChI=1S/C18H23F3N4O7/c1-17(2)31-15-9(24-12-5-22-4-11(25-12)18(19,20)21)6-30-10(16(15)32-17)3-23-13(26)7-29-8-14(27)28/h4-5,9-10,15-16H,3,6-8H2,1-2H3,(H,23,26)(H,24,25)(H,27,28)/t9-,10+,15+,16-/m0/s1. The Kier molecular flexibility index (Phi) is 7.17. The van der Waals surface area contributed by atoms with Crippen molar-refractivity contribution >= 4 is 17.7 Å². The van der Waals surface area contributed by atoms with Gasteiger partial charge in [0.05, 0.1) is 25.0 Å². The van der Waals surface area contributed by atoms with Gasteiger partial charge in [-0.25, -0.2) is 9.78 Å². The lowest BCUT2D eigenvalue weighted by molar-refractivity contribution is -0.153. The van der Waals surface area contributed by atoms with E-state index in [1.165, 1.54) is 0 Å². The van der Waals surface area contributed by atoms with E-state index in [0.717, 1.165) is 6.20 Å². The van der Waals surface area contributed by atoms with E-state index >= 15 is 0 Å². The van der Waals surface area contributed by atoms with Crippen molar-refractivity contribution in [2.75, 3.05) is 31.7 Å². The molecule has 11 nitrogen and oxygen atoms in total. The Hall–Kier alpha value is -2.55. The Morgan fingerprint density at radius 2 is 1.97 bits per heavy atom. The quantitative estimate of drug-likeness (QED) is 0.495. The molecule has 2 fully saturated rings. The van der Waals surface area contributed by atoms with Gasteiger partial charge in [0.2, 0.25) is 5.91 Å².